The average molecular weight is 373 g/mol. The van der Waals surface area contributed by atoms with Gasteiger partial charge in [0, 0.05) is 12.4 Å². The Kier molecular flexibility index (Phi) is 4.47. The standard InChI is InChI=1S/C16H13BrN4O2/c1-11-6-19-14(8-18-11)10-23-16(22)12-2-4-15(5-3-12)21-9-13(17)7-20-21/h2-9H,10H2,1H3. The maximum absolute atomic E-state index is 12.0. The molecular weight excluding hydrogens is 360 g/mol. The van der Waals surface area contributed by atoms with E-state index >= 15 is 0 Å². The van der Waals surface area contributed by atoms with Gasteiger partial charge in [0.05, 0.1) is 39.5 Å². The van der Waals surface area contributed by atoms with Crippen molar-refractivity contribution in [3.63, 3.8) is 0 Å². The molecule has 0 fully saturated rings. The largest absolute Gasteiger partial charge is 0.456 e. The van der Waals surface area contributed by atoms with Crippen molar-refractivity contribution in [2.45, 2.75) is 13.5 Å². The minimum atomic E-state index is -0.402. The van der Waals surface area contributed by atoms with Crippen molar-refractivity contribution in [1.82, 2.24) is 19.7 Å². The van der Waals surface area contributed by atoms with Gasteiger partial charge in [-0.3, -0.25) is 9.97 Å². The smallest absolute Gasteiger partial charge is 0.338 e. The fourth-order valence-electron chi connectivity index (χ4n) is 1.91. The first-order chi connectivity index (χ1) is 11.1. The molecule has 3 aromatic rings. The highest BCUT2D eigenvalue weighted by Gasteiger charge is 2.09. The lowest BCUT2D eigenvalue weighted by Gasteiger charge is -2.06. The maximum atomic E-state index is 12.0. The molecule has 3 rings (SSSR count). The number of esters is 1. The van der Waals surface area contributed by atoms with Gasteiger partial charge in [0.15, 0.2) is 0 Å². The number of carbonyl (C=O) groups excluding carboxylic acids is 1. The number of halogens is 1. The van der Waals surface area contributed by atoms with Crippen LogP contribution in [0, 0.1) is 6.92 Å². The minimum Gasteiger partial charge on any atom is -0.456 e. The van der Waals surface area contributed by atoms with Crippen LogP contribution in [-0.2, 0) is 11.3 Å². The Morgan fingerprint density at radius 2 is 1.96 bits per heavy atom. The SMILES string of the molecule is Cc1cnc(COC(=O)c2ccc(-n3cc(Br)cn3)cc2)cn1. The van der Waals surface area contributed by atoms with E-state index in [-0.39, 0.29) is 6.61 Å². The van der Waals surface area contributed by atoms with Gasteiger partial charge < -0.3 is 4.74 Å². The van der Waals surface area contributed by atoms with Crippen LogP contribution in [0.3, 0.4) is 0 Å². The first kappa shape index (κ1) is 15.4. The Balaban J connectivity index is 1.64. The fourth-order valence-corrected chi connectivity index (χ4v) is 2.19. The molecule has 0 radical (unpaired) electrons. The summed E-state index contributed by atoms with van der Waals surface area (Å²) in [5.41, 5.74) is 2.76. The quantitative estimate of drug-likeness (QED) is 0.658. The molecular formula is C16H13BrN4O2. The van der Waals surface area contributed by atoms with Crippen molar-refractivity contribution >= 4 is 21.9 Å². The predicted molar refractivity (Wildman–Crippen MR) is 87.2 cm³/mol. The van der Waals surface area contributed by atoms with Crippen LogP contribution >= 0.6 is 15.9 Å². The summed E-state index contributed by atoms with van der Waals surface area (Å²) in [5.74, 6) is -0.402. The highest BCUT2D eigenvalue weighted by Crippen LogP contribution is 2.14. The molecule has 0 N–H and O–H groups in total. The summed E-state index contributed by atoms with van der Waals surface area (Å²) in [4.78, 5) is 20.3. The number of rotatable bonds is 4. The van der Waals surface area contributed by atoms with Gasteiger partial charge in [-0.2, -0.15) is 5.10 Å². The van der Waals surface area contributed by atoms with Crippen molar-refractivity contribution in [3.8, 4) is 5.69 Å². The number of benzene rings is 1. The van der Waals surface area contributed by atoms with E-state index < -0.39 is 5.97 Å². The Hall–Kier alpha value is -2.54. The van der Waals surface area contributed by atoms with E-state index in [4.69, 9.17) is 4.74 Å². The topological polar surface area (TPSA) is 69.9 Å². The fraction of sp³-hybridized carbons (Fsp3) is 0.125. The molecule has 0 bridgehead atoms. The third-order valence-corrected chi connectivity index (χ3v) is 3.51. The first-order valence-electron chi connectivity index (χ1n) is 6.87. The molecule has 0 aliphatic heterocycles. The number of aromatic nitrogens is 4. The molecule has 23 heavy (non-hydrogen) atoms. The summed E-state index contributed by atoms with van der Waals surface area (Å²) >= 11 is 3.35. The van der Waals surface area contributed by atoms with E-state index in [0.29, 0.717) is 11.3 Å². The lowest BCUT2D eigenvalue weighted by Crippen LogP contribution is -2.07. The highest BCUT2D eigenvalue weighted by molar-refractivity contribution is 9.10. The monoisotopic (exact) mass is 372 g/mol. The van der Waals surface area contributed by atoms with Crippen LogP contribution < -0.4 is 0 Å². The van der Waals surface area contributed by atoms with Gasteiger partial charge in [0.2, 0.25) is 0 Å². The highest BCUT2D eigenvalue weighted by atomic mass is 79.9. The number of hydrogen-bond donors (Lipinski definition) is 0. The number of ether oxygens (including phenoxy) is 1. The second kappa shape index (κ2) is 6.70. The van der Waals surface area contributed by atoms with Gasteiger partial charge in [0.25, 0.3) is 0 Å². The van der Waals surface area contributed by atoms with Gasteiger partial charge in [-0.05, 0) is 47.1 Å². The lowest BCUT2D eigenvalue weighted by atomic mass is 10.2. The molecule has 0 saturated heterocycles. The van der Waals surface area contributed by atoms with Gasteiger partial charge in [-0.15, -0.1) is 0 Å². The molecule has 0 unspecified atom stereocenters. The van der Waals surface area contributed by atoms with E-state index in [1.165, 1.54) is 0 Å². The molecule has 6 nitrogen and oxygen atoms in total. The summed E-state index contributed by atoms with van der Waals surface area (Å²) in [6, 6.07) is 7.02. The zero-order valence-corrected chi connectivity index (χ0v) is 13.9. The molecule has 1 aromatic carbocycles. The van der Waals surface area contributed by atoms with Crippen molar-refractivity contribution < 1.29 is 9.53 Å². The van der Waals surface area contributed by atoms with E-state index in [2.05, 4.69) is 31.0 Å². The zero-order valence-electron chi connectivity index (χ0n) is 12.3. The Labute approximate surface area is 141 Å². The van der Waals surface area contributed by atoms with Gasteiger partial charge in [0.1, 0.15) is 6.61 Å². The van der Waals surface area contributed by atoms with Crippen LogP contribution in [0.4, 0.5) is 0 Å². The van der Waals surface area contributed by atoms with Crippen LogP contribution in [0.15, 0.2) is 53.5 Å². The summed E-state index contributed by atoms with van der Waals surface area (Å²) in [6.45, 7) is 1.95. The number of carbonyl (C=O) groups is 1. The average Bonchev–Trinajstić information content (AvgIpc) is 3.01. The van der Waals surface area contributed by atoms with Gasteiger partial charge in [-0.25, -0.2) is 9.48 Å². The van der Waals surface area contributed by atoms with Crippen LogP contribution in [0.5, 0.6) is 0 Å². The first-order valence-corrected chi connectivity index (χ1v) is 7.66. The third kappa shape index (κ3) is 3.81. The van der Waals surface area contributed by atoms with E-state index in [9.17, 15) is 4.79 Å². The molecule has 0 aliphatic carbocycles. The zero-order chi connectivity index (χ0) is 16.2. The lowest BCUT2D eigenvalue weighted by molar-refractivity contribution is 0.0467. The van der Waals surface area contributed by atoms with Crippen LogP contribution in [-0.4, -0.2) is 25.7 Å². The van der Waals surface area contributed by atoms with E-state index in [0.717, 1.165) is 15.9 Å². The third-order valence-electron chi connectivity index (χ3n) is 3.10. The van der Waals surface area contributed by atoms with Crippen molar-refractivity contribution in [2.24, 2.45) is 0 Å². The molecule has 7 heteroatoms. The normalized spacial score (nSPS) is 10.5. The van der Waals surface area contributed by atoms with Crippen LogP contribution in [0.2, 0.25) is 0 Å². The number of hydrogen-bond acceptors (Lipinski definition) is 5. The summed E-state index contributed by atoms with van der Waals surface area (Å²) in [6.07, 6.45) is 6.77. The molecule has 0 atom stereocenters. The Bertz CT molecular complexity index is 813. The second-order valence-electron chi connectivity index (χ2n) is 4.88. The van der Waals surface area contributed by atoms with Crippen molar-refractivity contribution in [1.29, 1.82) is 0 Å². The maximum Gasteiger partial charge on any atom is 0.338 e. The summed E-state index contributed by atoms with van der Waals surface area (Å²) < 4.78 is 7.83. The van der Waals surface area contributed by atoms with Crippen LogP contribution in [0.25, 0.3) is 5.69 Å². The number of aryl methyl sites for hydroxylation is 1. The van der Waals surface area contributed by atoms with E-state index in [1.807, 2.05) is 25.3 Å². The molecule has 0 saturated carbocycles. The molecule has 2 heterocycles. The van der Waals surface area contributed by atoms with Gasteiger partial charge >= 0.3 is 5.97 Å². The minimum absolute atomic E-state index is 0.0972. The summed E-state index contributed by atoms with van der Waals surface area (Å²) in [7, 11) is 0. The summed E-state index contributed by atoms with van der Waals surface area (Å²) in [5, 5.41) is 4.18. The van der Waals surface area contributed by atoms with E-state index in [1.54, 1.807) is 35.4 Å². The van der Waals surface area contributed by atoms with Gasteiger partial charge in [-0.1, -0.05) is 0 Å². The van der Waals surface area contributed by atoms with Crippen molar-refractivity contribution in [3.05, 3.63) is 70.5 Å². The molecule has 116 valence electrons. The van der Waals surface area contributed by atoms with Crippen molar-refractivity contribution in [2.75, 3.05) is 0 Å². The molecule has 0 amide bonds. The Morgan fingerprint density at radius 3 is 2.57 bits per heavy atom. The van der Waals surface area contributed by atoms with Crippen LogP contribution in [0.1, 0.15) is 21.7 Å². The predicted octanol–water partition coefficient (Wildman–Crippen LogP) is 3.09. The Morgan fingerprint density at radius 1 is 1.17 bits per heavy atom. The second-order valence-corrected chi connectivity index (χ2v) is 5.79. The molecule has 2 aromatic heterocycles. The molecule has 0 aliphatic rings. The number of nitrogens with zero attached hydrogens (tertiary/aromatic N) is 4. The molecule has 0 spiro atoms.